The molecular formula is C14H9F2NO3S. The maximum atomic E-state index is 13.4. The molecule has 7 heteroatoms. The number of aliphatic carboxylic acids is 1. The molecule has 1 amide bonds. The minimum Gasteiger partial charge on any atom is -0.478 e. The van der Waals surface area contributed by atoms with E-state index in [1.165, 1.54) is 23.6 Å². The molecule has 0 aliphatic heterocycles. The fraction of sp³-hybridized carbons (Fsp3) is 0. The molecule has 0 aliphatic rings. The molecular weight excluding hydrogens is 300 g/mol. The van der Waals surface area contributed by atoms with E-state index in [2.05, 4.69) is 5.32 Å². The number of halogens is 2. The van der Waals surface area contributed by atoms with Gasteiger partial charge in [0.05, 0.1) is 5.56 Å². The van der Waals surface area contributed by atoms with Gasteiger partial charge in [-0.2, -0.15) is 0 Å². The second kappa shape index (κ2) is 6.27. The number of carbonyl (C=O) groups excluding carboxylic acids is 1. The van der Waals surface area contributed by atoms with Crippen molar-refractivity contribution in [3.8, 4) is 0 Å². The number of nitrogens with one attached hydrogen (secondary N) is 1. The highest BCUT2D eigenvalue weighted by Crippen LogP contribution is 2.21. The number of benzene rings is 1. The minimum atomic E-state index is -1.11. The first-order valence-corrected chi connectivity index (χ1v) is 6.60. The number of carboxylic acids is 1. The van der Waals surface area contributed by atoms with Crippen molar-refractivity contribution in [3.63, 3.8) is 0 Å². The zero-order chi connectivity index (χ0) is 15.4. The van der Waals surface area contributed by atoms with Gasteiger partial charge in [0.1, 0.15) is 17.3 Å². The van der Waals surface area contributed by atoms with Gasteiger partial charge in [0.15, 0.2) is 0 Å². The molecule has 0 atom stereocenters. The summed E-state index contributed by atoms with van der Waals surface area (Å²) in [7, 11) is 0. The second-order valence-corrected chi connectivity index (χ2v) is 4.90. The van der Waals surface area contributed by atoms with Crippen molar-refractivity contribution in [3.05, 3.63) is 57.8 Å². The van der Waals surface area contributed by atoms with E-state index in [-0.39, 0.29) is 5.56 Å². The first-order valence-electron chi connectivity index (χ1n) is 5.72. The molecule has 2 rings (SSSR count). The number of anilines is 1. The molecule has 21 heavy (non-hydrogen) atoms. The van der Waals surface area contributed by atoms with E-state index in [0.29, 0.717) is 4.88 Å². The zero-order valence-corrected chi connectivity index (χ0v) is 11.3. The highest BCUT2D eigenvalue weighted by Gasteiger charge is 2.14. The number of carboxylic acid groups (broad SMARTS) is 1. The van der Waals surface area contributed by atoms with Crippen molar-refractivity contribution in [1.82, 2.24) is 0 Å². The predicted octanol–water partition coefficient (Wildman–Crippen LogP) is 3.38. The summed E-state index contributed by atoms with van der Waals surface area (Å²) >= 11 is 1.14. The lowest BCUT2D eigenvalue weighted by Gasteiger charge is -2.05. The quantitative estimate of drug-likeness (QED) is 0.851. The molecule has 1 aromatic heterocycles. The molecule has 2 N–H and O–H groups in total. The van der Waals surface area contributed by atoms with Gasteiger partial charge >= 0.3 is 5.97 Å². The fourth-order valence-corrected chi connectivity index (χ4v) is 2.30. The van der Waals surface area contributed by atoms with Gasteiger partial charge in [-0.3, -0.25) is 4.79 Å². The number of thiophene rings is 1. The Balaban J connectivity index is 2.16. The summed E-state index contributed by atoms with van der Waals surface area (Å²) < 4.78 is 26.8. The van der Waals surface area contributed by atoms with Gasteiger partial charge in [-0.25, -0.2) is 13.6 Å². The lowest BCUT2D eigenvalue weighted by molar-refractivity contribution is -0.131. The Morgan fingerprint density at radius 3 is 2.52 bits per heavy atom. The van der Waals surface area contributed by atoms with Crippen LogP contribution in [0.1, 0.15) is 15.2 Å². The molecule has 4 nitrogen and oxygen atoms in total. The highest BCUT2D eigenvalue weighted by atomic mass is 32.1. The summed E-state index contributed by atoms with van der Waals surface area (Å²) in [5.74, 6) is -3.53. The SMILES string of the molecule is O=C(O)C=Cc1cc(C(=O)Nc2c(F)cccc2F)cs1. The first-order chi connectivity index (χ1) is 9.97. The van der Waals surface area contributed by atoms with Gasteiger partial charge < -0.3 is 10.4 Å². The maximum Gasteiger partial charge on any atom is 0.328 e. The average Bonchev–Trinajstić information content (AvgIpc) is 2.89. The van der Waals surface area contributed by atoms with Crippen molar-refractivity contribution < 1.29 is 23.5 Å². The van der Waals surface area contributed by atoms with Gasteiger partial charge in [0.25, 0.3) is 5.91 Å². The third kappa shape index (κ3) is 3.73. The van der Waals surface area contributed by atoms with Crippen LogP contribution in [-0.4, -0.2) is 17.0 Å². The molecule has 0 spiro atoms. The molecule has 108 valence electrons. The molecule has 0 aliphatic carbocycles. The molecule has 0 bridgehead atoms. The number of hydrogen-bond acceptors (Lipinski definition) is 3. The fourth-order valence-electron chi connectivity index (χ4n) is 1.52. The van der Waals surface area contributed by atoms with Crippen LogP contribution < -0.4 is 5.32 Å². The molecule has 0 fully saturated rings. The third-order valence-corrected chi connectivity index (χ3v) is 3.37. The number of hydrogen-bond donors (Lipinski definition) is 2. The summed E-state index contributed by atoms with van der Waals surface area (Å²) in [6, 6.07) is 4.69. The van der Waals surface area contributed by atoms with Gasteiger partial charge in [-0.1, -0.05) is 6.07 Å². The Labute approximate surface area is 122 Å². The van der Waals surface area contributed by atoms with Crippen molar-refractivity contribution >= 4 is 35.0 Å². The first kappa shape index (κ1) is 14.9. The minimum absolute atomic E-state index is 0.188. The number of rotatable bonds is 4. The maximum absolute atomic E-state index is 13.4. The number of para-hydroxylation sites is 1. The van der Waals surface area contributed by atoms with E-state index >= 15 is 0 Å². The van der Waals surface area contributed by atoms with Crippen LogP contribution in [-0.2, 0) is 4.79 Å². The van der Waals surface area contributed by atoms with Gasteiger partial charge in [-0.15, -0.1) is 11.3 Å². The number of amides is 1. The Kier molecular flexibility index (Phi) is 4.44. The lowest BCUT2D eigenvalue weighted by Crippen LogP contribution is -2.13. The van der Waals surface area contributed by atoms with Crippen LogP contribution in [0.4, 0.5) is 14.5 Å². The summed E-state index contributed by atoms with van der Waals surface area (Å²) in [6.45, 7) is 0. The molecule has 2 aromatic rings. The summed E-state index contributed by atoms with van der Waals surface area (Å²) in [4.78, 5) is 22.8. The second-order valence-electron chi connectivity index (χ2n) is 3.96. The van der Waals surface area contributed by atoms with Gasteiger partial charge in [0, 0.05) is 16.3 Å². The largest absolute Gasteiger partial charge is 0.478 e. The topological polar surface area (TPSA) is 66.4 Å². The van der Waals surface area contributed by atoms with Crippen molar-refractivity contribution in [2.75, 3.05) is 5.32 Å². The molecule has 0 saturated carbocycles. The lowest BCUT2D eigenvalue weighted by atomic mass is 10.2. The molecule has 1 aromatic carbocycles. The smallest absolute Gasteiger partial charge is 0.328 e. The molecule has 1 heterocycles. The van der Waals surface area contributed by atoms with Crippen molar-refractivity contribution in [1.29, 1.82) is 0 Å². The van der Waals surface area contributed by atoms with Gasteiger partial charge in [-0.05, 0) is 24.3 Å². The van der Waals surface area contributed by atoms with Crippen LogP contribution in [0.3, 0.4) is 0 Å². The van der Waals surface area contributed by atoms with Crippen LogP contribution in [0, 0.1) is 11.6 Å². The summed E-state index contributed by atoms with van der Waals surface area (Å²) in [5, 5.41) is 12.1. The Hall–Kier alpha value is -2.54. The van der Waals surface area contributed by atoms with Gasteiger partial charge in [0.2, 0.25) is 0 Å². The van der Waals surface area contributed by atoms with Crippen LogP contribution in [0.25, 0.3) is 6.08 Å². The number of carbonyl (C=O) groups is 2. The Morgan fingerprint density at radius 1 is 1.24 bits per heavy atom. The summed E-state index contributed by atoms with van der Waals surface area (Å²) in [6.07, 6.45) is 2.26. The Morgan fingerprint density at radius 2 is 1.90 bits per heavy atom. The van der Waals surface area contributed by atoms with Crippen molar-refractivity contribution in [2.24, 2.45) is 0 Å². The van der Waals surface area contributed by atoms with E-state index in [4.69, 9.17) is 5.11 Å². The monoisotopic (exact) mass is 309 g/mol. The molecule has 0 saturated heterocycles. The zero-order valence-electron chi connectivity index (χ0n) is 10.5. The Bertz CT molecular complexity index is 705. The predicted molar refractivity (Wildman–Crippen MR) is 75.3 cm³/mol. The van der Waals surface area contributed by atoms with E-state index in [0.717, 1.165) is 29.5 Å². The standard InChI is InChI=1S/C14H9F2NO3S/c15-10-2-1-3-11(16)13(10)17-14(20)8-6-9(21-7-8)4-5-12(18)19/h1-7H,(H,17,20)(H,18,19). The van der Waals surface area contributed by atoms with Crippen molar-refractivity contribution in [2.45, 2.75) is 0 Å². The summed E-state index contributed by atoms with van der Waals surface area (Å²) in [5.41, 5.74) is -0.330. The normalized spacial score (nSPS) is 10.8. The third-order valence-electron chi connectivity index (χ3n) is 2.47. The molecule has 0 unspecified atom stereocenters. The van der Waals surface area contributed by atoms with E-state index < -0.39 is 29.2 Å². The van der Waals surface area contributed by atoms with Crippen LogP contribution in [0.5, 0.6) is 0 Å². The van der Waals surface area contributed by atoms with Crippen LogP contribution >= 0.6 is 11.3 Å². The average molecular weight is 309 g/mol. The molecule has 0 radical (unpaired) electrons. The van der Waals surface area contributed by atoms with E-state index in [1.54, 1.807) is 0 Å². The highest BCUT2D eigenvalue weighted by molar-refractivity contribution is 7.11. The van der Waals surface area contributed by atoms with Crippen LogP contribution in [0.2, 0.25) is 0 Å². The van der Waals surface area contributed by atoms with E-state index in [9.17, 15) is 18.4 Å². The van der Waals surface area contributed by atoms with Crippen LogP contribution in [0.15, 0.2) is 35.7 Å². The van der Waals surface area contributed by atoms with E-state index in [1.807, 2.05) is 0 Å².